The van der Waals surface area contributed by atoms with Gasteiger partial charge in [0.2, 0.25) is 0 Å². The molecular weight excluding hydrogens is 698 g/mol. The molecule has 0 aromatic heterocycles. The van der Waals surface area contributed by atoms with Gasteiger partial charge in [0.15, 0.2) is 6.10 Å². The highest BCUT2D eigenvalue weighted by Crippen LogP contribution is 2.37. The molecule has 3 unspecified atom stereocenters. The molecule has 2 saturated heterocycles. The number of piperazine rings is 1. The highest BCUT2D eigenvalue weighted by molar-refractivity contribution is 6.12. The van der Waals surface area contributed by atoms with Crippen LogP contribution in [0.5, 0.6) is 0 Å². The molecule has 4 aliphatic rings. The van der Waals surface area contributed by atoms with Gasteiger partial charge in [-0.2, -0.15) is 0 Å². The van der Waals surface area contributed by atoms with Crippen molar-refractivity contribution in [3.8, 4) is 0 Å². The van der Waals surface area contributed by atoms with Crippen molar-refractivity contribution >= 4 is 23.9 Å². The van der Waals surface area contributed by atoms with Gasteiger partial charge in [-0.3, -0.25) is 24.2 Å². The van der Waals surface area contributed by atoms with Gasteiger partial charge in [-0.25, -0.2) is 4.79 Å². The predicted molar refractivity (Wildman–Crippen MR) is 200 cm³/mol. The summed E-state index contributed by atoms with van der Waals surface area (Å²) in [5.41, 5.74) is -1.49. The van der Waals surface area contributed by atoms with Crippen LogP contribution in [0, 0.1) is 11.8 Å². The van der Waals surface area contributed by atoms with Gasteiger partial charge in [-0.15, -0.1) is 0 Å². The third kappa shape index (κ3) is 11.8. The van der Waals surface area contributed by atoms with E-state index in [0.29, 0.717) is 57.6 Å². The number of rotatable bonds is 13. The van der Waals surface area contributed by atoms with Crippen molar-refractivity contribution in [2.45, 2.75) is 121 Å². The van der Waals surface area contributed by atoms with E-state index in [-0.39, 0.29) is 55.2 Å². The lowest BCUT2D eigenvalue weighted by Gasteiger charge is -2.39. The predicted octanol–water partition coefficient (Wildman–Crippen LogP) is 2.91. The Morgan fingerprint density at radius 1 is 1.13 bits per heavy atom. The van der Waals surface area contributed by atoms with E-state index in [0.717, 1.165) is 0 Å². The second-order valence-electron chi connectivity index (χ2n) is 15.7. The molecule has 302 valence electrons. The number of methoxy groups -OCH3 is 1. The molecule has 0 spiro atoms. The molecule has 0 bridgehead atoms. The van der Waals surface area contributed by atoms with E-state index in [4.69, 9.17) is 18.9 Å². The molecule has 14 heteroatoms. The van der Waals surface area contributed by atoms with E-state index in [1.54, 1.807) is 36.1 Å². The molecular formula is C40H61N3O11. The molecule has 54 heavy (non-hydrogen) atoms. The lowest BCUT2D eigenvalue weighted by Crippen LogP contribution is -2.52. The van der Waals surface area contributed by atoms with Crippen LogP contribution in [0.25, 0.3) is 0 Å². The van der Waals surface area contributed by atoms with E-state index >= 15 is 0 Å². The average Bonchev–Trinajstić information content (AvgIpc) is 3.82. The molecule has 10 atom stereocenters. The second kappa shape index (κ2) is 19.0. The highest BCUT2D eigenvalue weighted by atomic mass is 16.6. The van der Waals surface area contributed by atoms with Crippen LogP contribution in [0.4, 0.5) is 4.79 Å². The maximum Gasteiger partial charge on any atom is 0.410 e. The summed E-state index contributed by atoms with van der Waals surface area (Å²) in [6.45, 7) is 13.8. The van der Waals surface area contributed by atoms with Crippen LogP contribution < -0.4 is 0 Å². The molecule has 4 rings (SSSR count). The summed E-state index contributed by atoms with van der Waals surface area (Å²) in [6.07, 6.45) is 8.79. The van der Waals surface area contributed by atoms with E-state index in [9.17, 15) is 34.5 Å². The third-order valence-electron chi connectivity index (χ3n) is 11.2. The number of carbonyl (C=O) groups is 4. The van der Waals surface area contributed by atoms with Crippen LogP contribution in [0.15, 0.2) is 48.1 Å². The Morgan fingerprint density at radius 2 is 1.80 bits per heavy atom. The Morgan fingerprint density at radius 3 is 2.43 bits per heavy atom. The van der Waals surface area contributed by atoms with Gasteiger partial charge in [0.25, 0.3) is 11.8 Å². The van der Waals surface area contributed by atoms with Gasteiger partial charge < -0.3 is 39.2 Å². The fraction of sp³-hybridized carbons (Fsp3) is 0.700. The van der Waals surface area contributed by atoms with Crippen LogP contribution in [0.3, 0.4) is 0 Å². The Kier molecular flexibility index (Phi) is 15.2. The van der Waals surface area contributed by atoms with Crippen molar-refractivity contribution in [1.29, 1.82) is 0 Å². The number of aliphatic hydroxyl groups excluding tert-OH is 2. The first-order chi connectivity index (χ1) is 25.5. The van der Waals surface area contributed by atoms with Crippen molar-refractivity contribution in [1.82, 2.24) is 14.7 Å². The maximum absolute atomic E-state index is 13.5. The number of esters is 1. The molecule has 2 fully saturated rings. The van der Waals surface area contributed by atoms with Gasteiger partial charge in [0.1, 0.15) is 11.7 Å². The normalized spacial score (nSPS) is 33.1. The molecule has 4 heterocycles. The molecule has 0 aromatic carbocycles. The monoisotopic (exact) mass is 759 g/mol. The van der Waals surface area contributed by atoms with Gasteiger partial charge >= 0.3 is 12.1 Å². The van der Waals surface area contributed by atoms with Crippen molar-refractivity contribution < 1.29 is 53.4 Å². The number of hydrogen-bond donors (Lipinski definition) is 3. The van der Waals surface area contributed by atoms with Crippen LogP contribution in [0.1, 0.15) is 73.6 Å². The quantitative estimate of drug-likeness (QED) is 0.0824. The standard InChI is InChI=1S/C40H61N3O11/c1-8-30(45)28(4)37-31(52-37)25-39(5,50)16-9-10-26(2)36-27(3)11-12-32(40(6,51-7)17-15-29(44)24-35(48)54-36)53-38(49)42-21-18-41(19-22-42)20-23-43-33(46)13-14-34(43)47/h9-14,16,27-32,36-37,44-45,50H,8,15,17-25H2,1-7H3/b12-11+,16-9+,26-10+/t27-,28?,29+,30?,31-,32-,36+,37-,39?,40+/m0/s1. The zero-order valence-corrected chi connectivity index (χ0v) is 32.9. The smallest absolute Gasteiger partial charge is 0.410 e. The van der Waals surface area contributed by atoms with Crippen molar-refractivity contribution in [3.63, 3.8) is 0 Å². The summed E-state index contributed by atoms with van der Waals surface area (Å²) >= 11 is 0. The van der Waals surface area contributed by atoms with E-state index < -0.39 is 47.7 Å². The van der Waals surface area contributed by atoms with Crippen LogP contribution >= 0.6 is 0 Å². The largest absolute Gasteiger partial charge is 0.457 e. The minimum Gasteiger partial charge on any atom is -0.457 e. The summed E-state index contributed by atoms with van der Waals surface area (Å²) in [5.74, 6) is -1.59. The molecule has 14 nitrogen and oxygen atoms in total. The number of epoxide rings is 1. The first-order valence-electron chi connectivity index (χ1n) is 19.2. The molecule has 4 aliphatic heterocycles. The number of imide groups is 1. The number of amides is 3. The van der Waals surface area contributed by atoms with E-state index in [2.05, 4.69) is 4.90 Å². The Balaban J connectivity index is 1.42. The van der Waals surface area contributed by atoms with Crippen LogP contribution in [0.2, 0.25) is 0 Å². The van der Waals surface area contributed by atoms with Gasteiger partial charge in [0, 0.05) is 76.8 Å². The Labute approximate surface area is 319 Å². The van der Waals surface area contributed by atoms with Crippen molar-refractivity contribution in [2.75, 3.05) is 46.4 Å². The lowest BCUT2D eigenvalue weighted by molar-refractivity contribution is -0.151. The lowest BCUT2D eigenvalue weighted by atomic mass is 9.88. The van der Waals surface area contributed by atoms with Crippen molar-refractivity contribution in [3.05, 3.63) is 48.1 Å². The summed E-state index contributed by atoms with van der Waals surface area (Å²) in [7, 11) is 1.52. The minimum absolute atomic E-state index is 0.0243. The highest BCUT2D eigenvalue weighted by Gasteiger charge is 2.47. The maximum atomic E-state index is 13.5. The molecule has 0 radical (unpaired) electrons. The summed E-state index contributed by atoms with van der Waals surface area (Å²) < 4.78 is 23.7. The molecule has 0 aromatic rings. The molecule has 3 amide bonds. The number of aliphatic hydroxyl groups is 3. The van der Waals surface area contributed by atoms with Gasteiger partial charge in [0.05, 0.1) is 36.4 Å². The number of ether oxygens (including phenoxy) is 4. The average molecular weight is 760 g/mol. The van der Waals surface area contributed by atoms with Crippen LogP contribution in [-0.2, 0) is 33.3 Å². The molecule has 0 saturated carbocycles. The first-order valence-corrected chi connectivity index (χ1v) is 19.2. The first kappa shape index (κ1) is 43.3. The summed E-state index contributed by atoms with van der Waals surface area (Å²) in [6, 6.07) is 0. The number of carbonyl (C=O) groups excluding carboxylic acids is 4. The van der Waals surface area contributed by atoms with E-state index in [1.807, 2.05) is 40.7 Å². The van der Waals surface area contributed by atoms with E-state index in [1.165, 1.54) is 24.2 Å². The Bertz CT molecular complexity index is 1430. The fourth-order valence-corrected chi connectivity index (χ4v) is 7.24. The molecule has 0 aliphatic carbocycles. The summed E-state index contributed by atoms with van der Waals surface area (Å²) in [4.78, 5) is 55.2. The number of cyclic esters (lactones) is 1. The number of allylic oxidation sites excluding steroid dienone is 2. The van der Waals surface area contributed by atoms with Gasteiger partial charge in [-0.1, -0.05) is 45.1 Å². The van der Waals surface area contributed by atoms with Gasteiger partial charge in [-0.05, 0) is 51.7 Å². The summed E-state index contributed by atoms with van der Waals surface area (Å²) in [5, 5.41) is 32.1. The second-order valence-corrected chi connectivity index (χ2v) is 15.7. The SMILES string of the molecule is CCC(O)C(C)[C@@H]1O[C@H]1CC(C)(O)/C=C/C=C(\C)[C@H]1OC(=O)C[C@H](O)CC[C@@](C)(OC)[C@@H](OC(=O)N2CCN(CCN3C(=O)C=CC3=O)CC2)/C=C/[C@@H]1C. The number of hydrogen-bond acceptors (Lipinski definition) is 12. The number of nitrogens with zero attached hydrogens (tertiary/aromatic N) is 3. The van der Waals surface area contributed by atoms with Crippen LogP contribution in [-0.4, -0.2) is 148 Å². The topological polar surface area (TPSA) is 179 Å². The molecule has 3 N–H and O–H groups in total. The Hall–Kier alpha value is -3.40. The zero-order chi connectivity index (χ0) is 39.8. The fourth-order valence-electron chi connectivity index (χ4n) is 7.24. The van der Waals surface area contributed by atoms with Crippen molar-refractivity contribution in [2.24, 2.45) is 11.8 Å². The zero-order valence-electron chi connectivity index (χ0n) is 32.9. The third-order valence-corrected chi connectivity index (χ3v) is 11.2. The minimum atomic E-state index is -1.17.